The summed E-state index contributed by atoms with van der Waals surface area (Å²) >= 11 is 0. The van der Waals surface area contributed by atoms with E-state index in [-0.39, 0.29) is 23.4 Å². The van der Waals surface area contributed by atoms with Crippen molar-refractivity contribution in [3.05, 3.63) is 46.6 Å². The molecule has 3 heterocycles. The van der Waals surface area contributed by atoms with Crippen molar-refractivity contribution >= 4 is 11.7 Å². The average molecular weight is 359 g/mol. The molecule has 138 valence electrons. The normalized spacial score (nSPS) is 17.0. The van der Waals surface area contributed by atoms with Crippen LogP contribution in [0, 0.1) is 0 Å². The van der Waals surface area contributed by atoms with E-state index < -0.39 is 0 Å². The van der Waals surface area contributed by atoms with Crippen molar-refractivity contribution in [2.45, 2.75) is 6.10 Å². The van der Waals surface area contributed by atoms with E-state index in [1.54, 1.807) is 42.7 Å². The topological polar surface area (TPSA) is 98.6 Å². The molecule has 1 saturated heterocycles. The van der Waals surface area contributed by atoms with E-state index >= 15 is 0 Å². The summed E-state index contributed by atoms with van der Waals surface area (Å²) in [5.74, 6) is 0.406. The minimum absolute atomic E-state index is 0.156. The molecule has 26 heavy (non-hydrogen) atoms. The number of carbonyl (C=O) groups excluding carboxylic acids is 1. The summed E-state index contributed by atoms with van der Waals surface area (Å²) in [6.07, 6.45) is 4.47. The van der Waals surface area contributed by atoms with E-state index in [1.807, 2.05) is 0 Å². The van der Waals surface area contributed by atoms with Gasteiger partial charge in [-0.15, -0.1) is 0 Å². The number of rotatable bonds is 5. The van der Waals surface area contributed by atoms with Crippen molar-refractivity contribution in [2.75, 3.05) is 38.7 Å². The third kappa shape index (κ3) is 3.83. The Kier molecular flexibility index (Phi) is 5.47. The van der Waals surface area contributed by atoms with Crippen LogP contribution in [-0.4, -0.2) is 64.8 Å². The first-order valence-corrected chi connectivity index (χ1v) is 8.25. The molecule has 9 nitrogen and oxygen atoms in total. The van der Waals surface area contributed by atoms with Gasteiger partial charge in [0.05, 0.1) is 19.8 Å². The lowest BCUT2D eigenvalue weighted by molar-refractivity contribution is -0.0151. The zero-order chi connectivity index (χ0) is 18.5. The predicted octanol–water partition coefficient (Wildman–Crippen LogP) is 0.137. The fourth-order valence-corrected chi connectivity index (χ4v) is 2.74. The van der Waals surface area contributed by atoms with Crippen molar-refractivity contribution in [3.63, 3.8) is 0 Å². The number of anilines is 1. The highest BCUT2D eigenvalue weighted by atomic mass is 16.5. The van der Waals surface area contributed by atoms with Crippen LogP contribution in [0.2, 0.25) is 0 Å². The summed E-state index contributed by atoms with van der Waals surface area (Å²) in [4.78, 5) is 34.6. The maximum absolute atomic E-state index is 12.8. The molecular formula is C17H21N5O4. The van der Waals surface area contributed by atoms with E-state index in [9.17, 15) is 9.59 Å². The Bertz CT molecular complexity index is 838. The van der Waals surface area contributed by atoms with Crippen molar-refractivity contribution in [3.8, 4) is 5.88 Å². The largest absolute Gasteiger partial charge is 0.480 e. The van der Waals surface area contributed by atoms with Crippen LogP contribution < -0.4 is 15.6 Å². The Morgan fingerprint density at radius 2 is 2.27 bits per heavy atom. The van der Waals surface area contributed by atoms with Crippen LogP contribution in [0.4, 0.5) is 5.82 Å². The first-order valence-electron chi connectivity index (χ1n) is 8.25. The number of methoxy groups -OCH3 is 1. The summed E-state index contributed by atoms with van der Waals surface area (Å²) in [5, 5.41) is 3.00. The van der Waals surface area contributed by atoms with Gasteiger partial charge >= 0.3 is 0 Å². The summed E-state index contributed by atoms with van der Waals surface area (Å²) in [7, 11) is 3.15. The molecule has 2 aromatic rings. The first-order chi connectivity index (χ1) is 12.6. The molecule has 0 spiro atoms. The summed E-state index contributed by atoms with van der Waals surface area (Å²) < 4.78 is 12.3. The molecule has 0 bridgehead atoms. The van der Waals surface area contributed by atoms with E-state index in [0.29, 0.717) is 37.7 Å². The number of amides is 1. The van der Waals surface area contributed by atoms with Gasteiger partial charge in [-0.05, 0) is 12.1 Å². The van der Waals surface area contributed by atoms with Crippen LogP contribution in [0.1, 0.15) is 10.4 Å². The number of morpholine rings is 1. The molecule has 1 aliphatic rings. The standard InChI is InChI=1S/C17H21N5O4/c1-21-7-6-18-14(17(21)24)20-10-12-11-22(8-9-26-12)16(23)13-4-3-5-19-15(13)25-2/h3-7,12H,8-11H2,1-2H3,(H,18,20)/t12-/m1/s1. The Hall–Kier alpha value is -2.94. The van der Waals surface area contributed by atoms with Crippen LogP contribution in [0.25, 0.3) is 0 Å². The molecular weight excluding hydrogens is 338 g/mol. The molecule has 1 aliphatic heterocycles. The monoisotopic (exact) mass is 359 g/mol. The maximum Gasteiger partial charge on any atom is 0.293 e. The smallest absolute Gasteiger partial charge is 0.293 e. The molecule has 9 heteroatoms. The van der Waals surface area contributed by atoms with Crippen molar-refractivity contribution in [1.29, 1.82) is 0 Å². The number of aryl methyl sites for hydroxylation is 1. The van der Waals surface area contributed by atoms with Crippen molar-refractivity contribution in [2.24, 2.45) is 7.05 Å². The number of aromatic nitrogens is 3. The molecule has 3 rings (SSSR count). The molecule has 2 aromatic heterocycles. The van der Waals surface area contributed by atoms with Crippen LogP contribution in [-0.2, 0) is 11.8 Å². The summed E-state index contributed by atoms with van der Waals surface area (Å²) in [6.45, 7) is 1.68. The zero-order valence-corrected chi connectivity index (χ0v) is 14.7. The number of pyridine rings is 1. The minimum Gasteiger partial charge on any atom is -0.480 e. The quantitative estimate of drug-likeness (QED) is 0.810. The molecule has 0 aliphatic carbocycles. The van der Waals surface area contributed by atoms with E-state index in [4.69, 9.17) is 9.47 Å². The van der Waals surface area contributed by atoms with Gasteiger partial charge in [-0.3, -0.25) is 9.59 Å². The zero-order valence-electron chi connectivity index (χ0n) is 14.7. The lowest BCUT2D eigenvalue weighted by Gasteiger charge is -2.33. The highest BCUT2D eigenvalue weighted by Gasteiger charge is 2.27. The Balaban J connectivity index is 1.65. The third-order valence-electron chi connectivity index (χ3n) is 4.13. The minimum atomic E-state index is -0.248. The molecule has 1 atom stereocenters. The maximum atomic E-state index is 12.8. The van der Waals surface area contributed by atoms with Crippen molar-refractivity contribution in [1.82, 2.24) is 19.4 Å². The van der Waals surface area contributed by atoms with Gasteiger partial charge in [0.2, 0.25) is 5.88 Å². The van der Waals surface area contributed by atoms with E-state index in [2.05, 4.69) is 15.3 Å². The number of nitrogens with one attached hydrogen (secondary N) is 1. The predicted molar refractivity (Wildman–Crippen MR) is 94.4 cm³/mol. The lowest BCUT2D eigenvalue weighted by Crippen LogP contribution is -2.48. The Morgan fingerprint density at radius 1 is 1.42 bits per heavy atom. The second kappa shape index (κ2) is 7.96. The Morgan fingerprint density at radius 3 is 3.08 bits per heavy atom. The highest BCUT2D eigenvalue weighted by Crippen LogP contribution is 2.18. The van der Waals surface area contributed by atoms with Crippen LogP contribution in [0.5, 0.6) is 5.88 Å². The average Bonchev–Trinajstić information content (AvgIpc) is 2.68. The summed E-state index contributed by atoms with van der Waals surface area (Å²) in [5.41, 5.74) is 0.207. The molecule has 1 amide bonds. The van der Waals surface area contributed by atoms with Gasteiger partial charge in [-0.25, -0.2) is 9.97 Å². The van der Waals surface area contributed by atoms with Gasteiger partial charge < -0.3 is 24.3 Å². The Labute approximate surface area is 150 Å². The van der Waals surface area contributed by atoms with Crippen LogP contribution >= 0.6 is 0 Å². The number of ether oxygens (including phenoxy) is 2. The van der Waals surface area contributed by atoms with Gasteiger partial charge in [0, 0.05) is 45.3 Å². The van der Waals surface area contributed by atoms with Gasteiger partial charge in [-0.2, -0.15) is 0 Å². The number of carbonyl (C=O) groups is 1. The second-order valence-electron chi connectivity index (χ2n) is 5.88. The third-order valence-corrected chi connectivity index (χ3v) is 4.13. The molecule has 0 unspecified atom stereocenters. The molecule has 1 fully saturated rings. The van der Waals surface area contributed by atoms with Gasteiger partial charge in [0.15, 0.2) is 5.82 Å². The van der Waals surface area contributed by atoms with E-state index in [0.717, 1.165) is 0 Å². The second-order valence-corrected chi connectivity index (χ2v) is 5.88. The fourth-order valence-electron chi connectivity index (χ4n) is 2.74. The van der Waals surface area contributed by atoms with Crippen molar-refractivity contribution < 1.29 is 14.3 Å². The first kappa shape index (κ1) is 17.9. The molecule has 0 saturated carbocycles. The number of hydrogen-bond donors (Lipinski definition) is 1. The van der Waals surface area contributed by atoms with Gasteiger partial charge in [0.1, 0.15) is 5.56 Å². The SMILES string of the molecule is COc1ncccc1C(=O)N1CCO[C@H](CNc2nccn(C)c2=O)C1. The van der Waals surface area contributed by atoms with E-state index in [1.165, 1.54) is 11.7 Å². The highest BCUT2D eigenvalue weighted by molar-refractivity contribution is 5.96. The van der Waals surface area contributed by atoms with Crippen LogP contribution in [0.3, 0.4) is 0 Å². The van der Waals surface area contributed by atoms with Gasteiger partial charge in [0.25, 0.3) is 11.5 Å². The molecule has 1 N–H and O–H groups in total. The lowest BCUT2D eigenvalue weighted by atomic mass is 10.2. The summed E-state index contributed by atoms with van der Waals surface area (Å²) in [6, 6.07) is 3.39. The number of hydrogen-bond acceptors (Lipinski definition) is 7. The fraction of sp³-hybridized carbons (Fsp3) is 0.412. The molecule has 0 aromatic carbocycles. The van der Waals surface area contributed by atoms with Gasteiger partial charge in [-0.1, -0.05) is 0 Å². The number of nitrogens with zero attached hydrogens (tertiary/aromatic N) is 4. The molecule has 0 radical (unpaired) electrons. The van der Waals surface area contributed by atoms with Crippen LogP contribution in [0.15, 0.2) is 35.5 Å².